The second kappa shape index (κ2) is 5.11. The number of carbonyl (C=O) groups excluding carboxylic acids is 1. The molecule has 0 saturated carbocycles. The van der Waals surface area contributed by atoms with Crippen LogP contribution in [0.3, 0.4) is 0 Å². The van der Waals surface area contributed by atoms with Crippen LogP contribution in [0.15, 0.2) is 0 Å². The zero-order valence-electron chi connectivity index (χ0n) is 7.34. The lowest BCUT2D eigenvalue weighted by Crippen LogP contribution is -2.34. The number of hydrogen-bond acceptors (Lipinski definition) is 4. The van der Waals surface area contributed by atoms with E-state index in [0.29, 0.717) is 25.8 Å². The summed E-state index contributed by atoms with van der Waals surface area (Å²) in [6.07, 6.45) is 0.986. The maximum absolute atomic E-state index is 10.9. The molecule has 1 N–H and O–H groups in total. The molecule has 0 radical (unpaired) electrons. The van der Waals surface area contributed by atoms with E-state index >= 15 is 0 Å². The molecule has 0 bridgehead atoms. The van der Waals surface area contributed by atoms with E-state index < -0.39 is 0 Å². The molecule has 1 aliphatic rings. The third kappa shape index (κ3) is 3.19. The quantitative estimate of drug-likeness (QED) is 0.604. The summed E-state index contributed by atoms with van der Waals surface area (Å²) in [5, 5.41) is 3.07. The Morgan fingerprint density at radius 2 is 2.58 bits per heavy atom. The summed E-state index contributed by atoms with van der Waals surface area (Å²) in [5.41, 5.74) is 0. The van der Waals surface area contributed by atoms with Gasteiger partial charge >= 0.3 is 5.97 Å². The molecule has 0 spiro atoms. The minimum atomic E-state index is -0.190. The van der Waals surface area contributed by atoms with Gasteiger partial charge in [-0.1, -0.05) is 0 Å². The van der Waals surface area contributed by atoms with Crippen molar-refractivity contribution < 1.29 is 14.3 Å². The molecule has 70 valence electrons. The number of esters is 1. The Kier molecular flexibility index (Phi) is 4.04. The minimum absolute atomic E-state index is 0.190. The zero-order valence-corrected chi connectivity index (χ0v) is 7.34. The van der Waals surface area contributed by atoms with Gasteiger partial charge in [-0.05, 0) is 13.3 Å². The predicted octanol–water partition coefficient (Wildman–Crippen LogP) is -0.0720. The molecule has 4 heteroatoms. The summed E-state index contributed by atoms with van der Waals surface area (Å²) in [4.78, 5) is 10.9. The van der Waals surface area contributed by atoms with Gasteiger partial charge in [0.15, 0.2) is 0 Å². The number of carbonyl (C=O) groups is 1. The molecule has 1 saturated heterocycles. The third-order valence-corrected chi connectivity index (χ3v) is 1.77. The van der Waals surface area contributed by atoms with E-state index in [9.17, 15) is 4.79 Å². The van der Waals surface area contributed by atoms with Crippen LogP contribution in [0.25, 0.3) is 0 Å². The Balaban J connectivity index is 2.03. The van der Waals surface area contributed by atoms with Gasteiger partial charge in [0.2, 0.25) is 0 Å². The molecule has 1 heterocycles. The van der Waals surface area contributed by atoms with Gasteiger partial charge in [0, 0.05) is 12.6 Å². The van der Waals surface area contributed by atoms with Crippen molar-refractivity contribution >= 4 is 5.97 Å². The summed E-state index contributed by atoms with van der Waals surface area (Å²) >= 11 is 0. The van der Waals surface area contributed by atoms with Crippen molar-refractivity contribution in [2.45, 2.75) is 19.4 Å². The summed E-state index contributed by atoms with van der Waals surface area (Å²) < 4.78 is 9.89. The first kappa shape index (κ1) is 9.48. The summed E-state index contributed by atoms with van der Waals surface area (Å²) in [7, 11) is 0. The van der Waals surface area contributed by atoms with Crippen LogP contribution < -0.4 is 5.32 Å². The third-order valence-electron chi connectivity index (χ3n) is 1.77. The maximum atomic E-state index is 10.9. The Bertz CT molecular complexity index is 143. The van der Waals surface area contributed by atoms with Crippen molar-refractivity contribution in [3.63, 3.8) is 0 Å². The SMILES string of the molecule is CCOC(=O)CNC1CCOC1. The van der Waals surface area contributed by atoms with Crippen LogP contribution in [-0.4, -0.2) is 38.4 Å². The fraction of sp³-hybridized carbons (Fsp3) is 0.875. The first-order valence-corrected chi connectivity index (χ1v) is 4.29. The molecule has 0 amide bonds. The van der Waals surface area contributed by atoms with Crippen LogP contribution in [0.5, 0.6) is 0 Å². The first-order valence-electron chi connectivity index (χ1n) is 4.29. The van der Waals surface area contributed by atoms with E-state index in [1.165, 1.54) is 0 Å². The minimum Gasteiger partial charge on any atom is -0.465 e. The van der Waals surface area contributed by atoms with Crippen molar-refractivity contribution in [2.75, 3.05) is 26.4 Å². The molecule has 12 heavy (non-hydrogen) atoms. The van der Waals surface area contributed by atoms with Crippen molar-refractivity contribution in [2.24, 2.45) is 0 Å². The summed E-state index contributed by atoms with van der Waals surface area (Å²) in [6, 6.07) is 0.328. The highest BCUT2D eigenvalue weighted by molar-refractivity contribution is 5.71. The van der Waals surface area contributed by atoms with E-state index in [0.717, 1.165) is 13.0 Å². The smallest absolute Gasteiger partial charge is 0.319 e. The van der Waals surface area contributed by atoms with Gasteiger partial charge in [-0.25, -0.2) is 0 Å². The van der Waals surface area contributed by atoms with Crippen molar-refractivity contribution in [3.8, 4) is 0 Å². The van der Waals surface area contributed by atoms with E-state index in [1.54, 1.807) is 6.92 Å². The van der Waals surface area contributed by atoms with Crippen molar-refractivity contribution in [1.29, 1.82) is 0 Å². The molecule has 0 aromatic carbocycles. The van der Waals surface area contributed by atoms with E-state index in [-0.39, 0.29) is 5.97 Å². The Hall–Kier alpha value is -0.610. The van der Waals surface area contributed by atoms with Gasteiger partial charge < -0.3 is 14.8 Å². The summed E-state index contributed by atoms with van der Waals surface area (Å²) in [6.45, 7) is 4.04. The highest BCUT2D eigenvalue weighted by Gasteiger charge is 2.15. The molecule has 1 atom stereocenters. The van der Waals surface area contributed by atoms with Crippen LogP contribution in [0.1, 0.15) is 13.3 Å². The number of rotatable bonds is 4. The number of ether oxygens (including phenoxy) is 2. The fourth-order valence-electron chi connectivity index (χ4n) is 1.14. The first-order chi connectivity index (χ1) is 5.83. The molecular weight excluding hydrogens is 158 g/mol. The maximum Gasteiger partial charge on any atom is 0.319 e. The van der Waals surface area contributed by atoms with Crippen molar-refractivity contribution in [3.05, 3.63) is 0 Å². The van der Waals surface area contributed by atoms with Gasteiger partial charge in [0.05, 0.1) is 19.8 Å². The average Bonchev–Trinajstić information content (AvgIpc) is 2.53. The van der Waals surface area contributed by atoms with E-state index in [2.05, 4.69) is 5.32 Å². The van der Waals surface area contributed by atoms with Gasteiger partial charge in [0.25, 0.3) is 0 Å². The fourth-order valence-corrected chi connectivity index (χ4v) is 1.14. The second-order valence-corrected chi connectivity index (χ2v) is 2.75. The number of nitrogens with one attached hydrogen (secondary N) is 1. The van der Waals surface area contributed by atoms with Crippen LogP contribution in [0.4, 0.5) is 0 Å². The van der Waals surface area contributed by atoms with Crippen LogP contribution in [0.2, 0.25) is 0 Å². The van der Waals surface area contributed by atoms with E-state index in [1.807, 2.05) is 0 Å². The molecule has 1 rings (SSSR count). The van der Waals surface area contributed by atoms with Gasteiger partial charge in [-0.15, -0.1) is 0 Å². The lowest BCUT2D eigenvalue weighted by molar-refractivity contribution is -0.142. The zero-order chi connectivity index (χ0) is 8.81. The largest absolute Gasteiger partial charge is 0.465 e. The molecule has 0 aromatic rings. The Morgan fingerprint density at radius 1 is 1.75 bits per heavy atom. The topological polar surface area (TPSA) is 47.6 Å². The summed E-state index contributed by atoms with van der Waals surface area (Å²) in [5.74, 6) is -0.190. The lowest BCUT2D eigenvalue weighted by Gasteiger charge is -2.08. The highest BCUT2D eigenvalue weighted by Crippen LogP contribution is 2.02. The molecular formula is C8H15NO3. The molecule has 1 fully saturated rings. The van der Waals surface area contributed by atoms with Crippen LogP contribution in [-0.2, 0) is 14.3 Å². The molecule has 1 aliphatic heterocycles. The Labute approximate surface area is 72.2 Å². The predicted molar refractivity (Wildman–Crippen MR) is 43.9 cm³/mol. The van der Waals surface area contributed by atoms with Crippen LogP contribution >= 0.6 is 0 Å². The van der Waals surface area contributed by atoms with Crippen LogP contribution in [0, 0.1) is 0 Å². The lowest BCUT2D eigenvalue weighted by atomic mass is 10.3. The highest BCUT2D eigenvalue weighted by atomic mass is 16.5. The Morgan fingerprint density at radius 3 is 3.17 bits per heavy atom. The van der Waals surface area contributed by atoms with Gasteiger partial charge in [0.1, 0.15) is 0 Å². The standard InChI is InChI=1S/C8H15NO3/c1-2-12-8(10)5-9-7-3-4-11-6-7/h7,9H,2-6H2,1H3. The van der Waals surface area contributed by atoms with E-state index in [4.69, 9.17) is 9.47 Å². The monoisotopic (exact) mass is 173 g/mol. The molecule has 4 nitrogen and oxygen atoms in total. The van der Waals surface area contributed by atoms with Gasteiger partial charge in [-0.2, -0.15) is 0 Å². The second-order valence-electron chi connectivity index (χ2n) is 2.75. The number of hydrogen-bond donors (Lipinski definition) is 1. The van der Waals surface area contributed by atoms with Gasteiger partial charge in [-0.3, -0.25) is 4.79 Å². The molecule has 1 unspecified atom stereocenters. The molecule has 0 aliphatic carbocycles. The normalized spacial score (nSPS) is 22.6. The van der Waals surface area contributed by atoms with Crippen molar-refractivity contribution in [1.82, 2.24) is 5.32 Å². The molecule has 0 aromatic heterocycles. The average molecular weight is 173 g/mol.